The van der Waals surface area contributed by atoms with Crippen LogP contribution in [0.5, 0.6) is 0 Å². The molecule has 0 bridgehead atoms. The van der Waals surface area contributed by atoms with E-state index in [1.165, 1.54) is 50.8 Å². The minimum atomic E-state index is -0.462. The normalized spacial score (nSPS) is 19.7. The van der Waals surface area contributed by atoms with Crippen molar-refractivity contribution in [3.05, 3.63) is 95.1 Å². The number of carbonyl (C=O) groups is 2. The third-order valence-electron chi connectivity index (χ3n) is 8.22. The van der Waals surface area contributed by atoms with E-state index in [2.05, 4.69) is 33.7 Å². The van der Waals surface area contributed by atoms with Crippen LogP contribution in [0.3, 0.4) is 0 Å². The number of alkyl carbamates (subject to hydrolysis) is 1. The highest BCUT2D eigenvalue weighted by atomic mass is 16.5. The first-order chi connectivity index (χ1) is 19.5. The Kier molecular flexibility index (Phi) is 7.73. The lowest BCUT2D eigenvalue weighted by atomic mass is 10.1. The van der Waals surface area contributed by atoms with Gasteiger partial charge >= 0.3 is 6.09 Å². The van der Waals surface area contributed by atoms with Crippen LogP contribution in [0.25, 0.3) is 0 Å². The Balaban J connectivity index is 0.950. The number of anilines is 2. The minimum absolute atomic E-state index is 0.241. The number of nitrogens with zero attached hydrogens (tertiary/aromatic N) is 1. The first-order valence-electron chi connectivity index (χ1n) is 14.5. The number of amides is 2. The Morgan fingerprint density at radius 3 is 2.30 bits per heavy atom. The number of nitrogens with two attached hydrogens (primary N) is 1. The molecular formula is C33H38N4O3. The molecule has 0 heterocycles. The van der Waals surface area contributed by atoms with Crippen molar-refractivity contribution in [3.63, 3.8) is 0 Å². The molecular weight excluding hydrogens is 500 g/mol. The number of para-hydroxylation sites is 2. The summed E-state index contributed by atoms with van der Waals surface area (Å²) in [6.45, 7) is 3.11. The highest BCUT2D eigenvalue weighted by Gasteiger charge is 2.45. The van der Waals surface area contributed by atoms with Gasteiger partial charge in [0.05, 0.1) is 11.4 Å². The van der Waals surface area contributed by atoms with E-state index in [4.69, 9.17) is 10.5 Å². The van der Waals surface area contributed by atoms with E-state index in [0.717, 1.165) is 23.0 Å². The SMILES string of the molecule is Nc1ccccc1NC(=O)c1ccc(CNC(=O)OCc2cccc(C3CC3N(CC3CC3)CC3CC3)c2)cc1. The summed E-state index contributed by atoms with van der Waals surface area (Å²) in [6, 6.07) is 23.4. The van der Waals surface area contributed by atoms with E-state index in [1.807, 2.05) is 30.3 Å². The molecule has 2 atom stereocenters. The number of carbonyl (C=O) groups excluding carboxylic acids is 2. The molecule has 2 unspecified atom stereocenters. The van der Waals surface area contributed by atoms with Crippen molar-refractivity contribution >= 4 is 23.4 Å². The largest absolute Gasteiger partial charge is 0.445 e. The molecule has 208 valence electrons. The molecule has 6 rings (SSSR count). The van der Waals surface area contributed by atoms with Gasteiger partial charge in [0.25, 0.3) is 5.91 Å². The van der Waals surface area contributed by atoms with E-state index in [9.17, 15) is 9.59 Å². The van der Waals surface area contributed by atoms with Crippen molar-refractivity contribution in [1.29, 1.82) is 0 Å². The van der Waals surface area contributed by atoms with Crippen molar-refractivity contribution < 1.29 is 14.3 Å². The summed E-state index contributed by atoms with van der Waals surface area (Å²) in [4.78, 5) is 27.7. The van der Waals surface area contributed by atoms with Gasteiger partial charge in [-0.25, -0.2) is 4.79 Å². The molecule has 0 spiro atoms. The zero-order valence-corrected chi connectivity index (χ0v) is 22.9. The maximum atomic E-state index is 12.5. The van der Waals surface area contributed by atoms with Crippen LogP contribution in [-0.2, 0) is 17.9 Å². The van der Waals surface area contributed by atoms with Crippen molar-refractivity contribution in [2.45, 2.75) is 57.2 Å². The van der Waals surface area contributed by atoms with E-state index in [0.29, 0.717) is 35.4 Å². The van der Waals surface area contributed by atoms with Crippen LogP contribution >= 0.6 is 0 Å². The number of benzene rings is 3. The summed E-state index contributed by atoms with van der Waals surface area (Å²) in [5.41, 5.74) is 10.8. The van der Waals surface area contributed by atoms with E-state index >= 15 is 0 Å². The van der Waals surface area contributed by atoms with Crippen molar-refractivity contribution in [2.75, 3.05) is 24.1 Å². The number of rotatable bonds is 12. The van der Waals surface area contributed by atoms with Crippen LogP contribution in [0.4, 0.5) is 16.2 Å². The van der Waals surface area contributed by atoms with Crippen molar-refractivity contribution in [3.8, 4) is 0 Å². The van der Waals surface area contributed by atoms with E-state index < -0.39 is 6.09 Å². The molecule has 7 heteroatoms. The monoisotopic (exact) mass is 538 g/mol. The standard InChI is InChI=1S/C33H38N4O3/c34-29-6-1-2-7-30(29)36-32(38)26-14-12-22(13-15-26)18-35-33(39)40-21-25-4-3-5-27(16-25)28-17-31(28)37(19-23-8-9-23)20-24-10-11-24/h1-7,12-16,23-24,28,31H,8-11,17-21,34H2,(H,35,39)(H,36,38). The summed E-state index contributed by atoms with van der Waals surface area (Å²) in [5.74, 6) is 2.21. The van der Waals surface area contributed by atoms with Crippen LogP contribution in [0.2, 0.25) is 0 Å². The van der Waals surface area contributed by atoms with Crippen LogP contribution in [0.1, 0.15) is 65.1 Å². The molecule has 0 radical (unpaired) electrons. The lowest BCUT2D eigenvalue weighted by Gasteiger charge is -2.22. The molecule has 2 amide bonds. The summed E-state index contributed by atoms with van der Waals surface area (Å²) in [7, 11) is 0. The fourth-order valence-corrected chi connectivity index (χ4v) is 5.42. The molecule has 3 aliphatic rings. The lowest BCUT2D eigenvalue weighted by molar-refractivity contribution is 0.102. The minimum Gasteiger partial charge on any atom is -0.445 e. The van der Waals surface area contributed by atoms with Gasteiger partial charge in [0.15, 0.2) is 0 Å². The van der Waals surface area contributed by atoms with Crippen LogP contribution in [0, 0.1) is 11.8 Å². The predicted octanol–water partition coefficient (Wildman–Crippen LogP) is 5.93. The Labute approximate surface area is 236 Å². The number of nitrogen functional groups attached to an aromatic ring is 1. The van der Waals surface area contributed by atoms with Gasteiger partial charge < -0.3 is 21.1 Å². The quantitative estimate of drug-likeness (QED) is 0.249. The van der Waals surface area contributed by atoms with Crippen LogP contribution in [-0.4, -0.2) is 36.0 Å². The Hall–Kier alpha value is -3.84. The van der Waals surface area contributed by atoms with Crippen LogP contribution in [0.15, 0.2) is 72.8 Å². The Morgan fingerprint density at radius 2 is 1.60 bits per heavy atom. The fourth-order valence-electron chi connectivity index (χ4n) is 5.42. The number of nitrogens with one attached hydrogen (secondary N) is 2. The molecule has 0 aromatic heterocycles. The van der Waals surface area contributed by atoms with Gasteiger partial charge in [0, 0.05) is 37.2 Å². The topological polar surface area (TPSA) is 96.7 Å². The van der Waals surface area contributed by atoms with Gasteiger partial charge in [-0.05, 0) is 84.9 Å². The number of hydrogen-bond acceptors (Lipinski definition) is 5. The summed E-state index contributed by atoms with van der Waals surface area (Å²) >= 11 is 0. The van der Waals surface area contributed by atoms with Gasteiger partial charge in [0.1, 0.15) is 6.61 Å². The molecule has 3 saturated carbocycles. The molecule has 4 N–H and O–H groups in total. The second-order valence-corrected chi connectivity index (χ2v) is 11.7. The Morgan fingerprint density at radius 1 is 0.875 bits per heavy atom. The maximum absolute atomic E-state index is 12.5. The van der Waals surface area contributed by atoms with E-state index in [1.54, 1.807) is 24.3 Å². The fraction of sp³-hybridized carbons (Fsp3) is 0.394. The summed E-state index contributed by atoms with van der Waals surface area (Å²) in [5, 5.41) is 5.61. The maximum Gasteiger partial charge on any atom is 0.407 e. The highest BCUT2D eigenvalue weighted by molar-refractivity contribution is 6.05. The predicted molar refractivity (Wildman–Crippen MR) is 157 cm³/mol. The first-order valence-corrected chi connectivity index (χ1v) is 14.5. The van der Waals surface area contributed by atoms with Gasteiger partial charge in [-0.15, -0.1) is 0 Å². The molecule has 3 fully saturated rings. The molecule has 3 aromatic rings. The van der Waals surface area contributed by atoms with Crippen LogP contribution < -0.4 is 16.4 Å². The number of ether oxygens (including phenoxy) is 1. The first kappa shape index (κ1) is 26.4. The van der Waals surface area contributed by atoms with Gasteiger partial charge in [-0.2, -0.15) is 0 Å². The molecule has 3 aromatic carbocycles. The highest BCUT2D eigenvalue weighted by Crippen LogP contribution is 2.47. The summed E-state index contributed by atoms with van der Waals surface area (Å²) in [6.07, 6.45) is 6.39. The summed E-state index contributed by atoms with van der Waals surface area (Å²) < 4.78 is 5.50. The van der Waals surface area contributed by atoms with Gasteiger partial charge in [-0.1, -0.05) is 48.5 Å². The average molecular weight is 539 g/mol. The number of hydrogen-bond donors (Lipinski definition) is 3. The van der Waals surface area contributed by atoms with Crippen molar-refractivity contribution in [2.24, 2.45) is 11.8 Å². The zero-order chi connectivity index (χ0) is 27.5. The van der Waals surface area contributed by atoms with E-state index in [-0.39, 0.29) is 12.5 Å². The molecule has 3 aliphatic carbocycles. The Bertz CT molecular complexity index is 1340. The lowest BCUT2D eigenvalue weighted by Crippen LogP contribution is -2.31. The van der Waals surface area contributed by atoms with Gasteiger partial charge in [0.2, 0.25) is 0 Å². The third kappa shape index (κ3) is 7.02. The average Bonchev–Trinajstić information content (AvgIpc) is 3.82. The molecule has 0 saturated heterocycles. The van der Waals surface area contributed by atoms with Gasteiger partial charge in [-0.3, -0.25) is 9.69 Å². The second kappa shape index (κ2) is 11.7. The van der Waals surface area contributed by atoms with Crippen molar-refractivity contribution in [1.82, 2.24) is 10.2 Å². The molecule has 40 heavy (non-hydrogen) atoms. The smallest absolute Gasteiger partial charge is 0.407 e. The zero-order valence-electron chi connectivity index (χ0n) is 22.9. The second-order valence-electron chi connectivity index (χ2n) is 11.7. The molecule has 0 aliphatic heterocycles. The third-order valence-corrected chi connectivity index (χ3v) is 8.22. The molecule has 7 nitrogen and oxygen atoms in total.